The summed E-state index contributed by atoms with van der Waals surface area (Å²) < 4.78 is 1.41. The van der Waals surface area contributed by atoms with Crippen molar-refractivity contribution in [2.24, 2.45) is 0 Å². The van der Waals surface area contributed by atoms with Crippen molar-refractivity contribution in [1.29, 1.82) is 0 Å². The van der Waals surface area contributed by atoms with Gasteiger partial charge in [-0.3, -0.25) is 0 Å². The maximum absolute atomic E-state index is 4.85. The fourth-order valence-corrected chi connectivity index (χ4v) is 7.07. The van der Waals surface area contributed by atoms with Crippen LogP contribution in [0.2, 0.25) is 0 Å². The summed E-state index contributed by atoms with van der Waals surface area (Å²) in [6.07, 6.45) is 4.50. The Bertz CT molecular complexity index is 603. The molecule has 20 heavy (non-hydrogen) atoms. The molecule has 3 nitrogen and oxygen atoms in total. The smallest absolute Gasteiger partial charge is 0.123 e. The molecule has 1 aromatic heterocycles. The van der Waals surface area contributed by atoms with E-state index in [2.05, 4.69) is 50.2 Å². The molecular weight excluding hydrogens is 354 g/mol. The van der Waals surface area contributed by atoms with Crippen LogP contribution in [0.25, 0.3) is 5.57 Å². The Hall–Kier alpha value is -0.170. The molecule has 3 atom stereocenters. The van der Waals surface area contributed by atoms with Gasteiger partial charge < -0.3 is 10.3 Å². The molecule has 6 heteroatoms. The van der Waals surface area contributed by atoms with E-state index in [4.69, 9.17) is 4.98 Å². The summed E-state index contributed by atoms with van der Waals surface area (Å²) in [6, 6.07) is 0.406. The molecule has 3 aliphatic heterocycles. The van der Waals surface area contributed by atoms with Crippen molar-refractivity contribution in [3.63, 3.8) is 0 Å². The number of imidazole rings is 1. The lowest BCUT2D eigenvalue weighted by Crippen LogP contribution is -2.28. The number of fused-ring (bicyclic) bond motifs is 1. The summed E-state index contributed by atoms with van der Waals surface area (Å²) in [5.74, 6) is 1.09. The molecule has 3 aliphatic rings. The molecule has 0 spiro atoms. The van der Waals surface area contributed by atoms with Crippen LogP contribution in [0.4, 0.5) is 0 Å². The molecule has 0 amide bonds. The van der Waals surface area contributed by atoms with Crippen LogP contribution in [0, 0.1) is 0 Å². The second-order valence-corrected chi connectivity index (χ2v) is 8.81. The van der Waals surface area contributed by atoms with Crippen LogP contribution in [0.15, 0.2) is 21.5 Å². The summed E-state index contributed by atoms with van der Waals surface area (Å²) in [4.78, 5) is 8.22. The van der Waals surface area contributed by atoms with Gasteiger partial charge in [0.05, 0.1) is 21.7 Å². The van der Waals surface area contributed by atoms with Crippen LogP contribution in [0.1, 0.15) is 37.3 Å². The molecule has 2 N–H and O–H groups in total. The molecule has 2 unspecified atom stereocenters. The summed E-state index contributed by atoms with van der Waals surface area (Å²) in [7, 11) is 0. The Kier molecular flexibility index (Phi) is 3.33. The van der Waals surface area contributed by atoms with Crippen LogP contribution in [-0.2, 0) is 0 Å². The third-order valence-electron chi connectivity index (χ3n) is 4.29. The van der Waals surface area contributed by atoms with E-state index in [-0.39, 0.29) is 4.75 Å². The largest absolute Gasteiger partial charge is 0.347 e. The standard InChI is InChI=1S/C14H16BrN3S2/c1-14-8(6-19-12(14)9(15)7-20-14)11-5-17-13(18-11)10-3-2-4-16-10/h5-7,10,12,16H,2-4H2,1H3,(H,17,18)/t10-,12?,14?/m0/s1. The van der Waals surface area contributed by atoms with E-state index in [0.29, 0.717) is 11.3 Å². The summed E-state index contributed by atoms with van der Waals surface area (Å²) in [6.45, 7) is 3.42. The average molecular weight is 370 g/mol. The molecule has 0 aliphatic carbocycles. The first kappa shape index (κ1) is 13.5. The van der Waals surface area contributed by atoms with Crippen LogP contribution in [0.3, 0.4) is 0 Å². The van der Waals surface area contributed by atoms with E-state index in [1.165, 1.54) is 22.9 Å². The fourth-order valence-electron chi connectivity index (χ4n) is 3.10. The van der Waals surface area contributed by atoms with Crippen molar-refractivity contribution >= 4 is 45.0 Å². The van der Waals surface area contributed by atoms with Gasteiger partial charge >= 0.3 is 0 Å². The Morgan fingerprint density at radius 1 is 1.45 bits per heavy atom. The highest BCUT2D eigenvalue weighted by Crippen LogP contribution is 2.59. The number of hydrogen-bond donors (Lipinski definition) is 2. The highest BCUT2D eigenvalue weighted by Gasteiger charge is 2.48. The molecule has 1 saturated heterocycles. The van der Waals surface area contributed by atoms with Crippen molar-refractivity contribution in [3.8, 4) is 0 Å². The molecule has 106 valence electrons. The first-order chi connectivity index (χ1) is 9.68. The van der Waals surface area contributed by atoms with Crippen molar-refractivity contribution in [2.45, 2.75) is 35.8 Å². The zero-order chi connectivity index (χ0) is 13.7. The zero-order valence-corrected chi connectivity index (χ0v) is 14.4. The third kappa shape index (κ3) is 1.95. The predicted molar refractivity (Wildman–Crippen MR) is 90.9 cm³/mol. The number of H-pyrrole nitrogens is 1. The monoisotopic (exact) mass is 369 g/mol. The lowest BCUT2D eigenvalue weighted by atomic mass is 9.96. The fraction of sp³-hybridized carbons (Fsp3) is 0.500. The first-order valence-electron chi connectivity index (χ1n) is 6.87. The lowest BCUT2D eigenvalue weighted by Gasteiger charge is -2.26. The van der Waals surface area contributed by atoms with E-state index in [0.717, 1.165) is 18.1 Å². The van der Waals surface area contributed by atoms with Crippen LogP contribution >= 0.6 is 39.5 Å². The highest BCUT2D eigenvalue weighted by molar-refractivity contribution is 9.12. The van der Waals surface area contributed by atoms with E-state index in [1.807, 2.05) is 23.5 Å². The maximum atomic E-state index is 4.85. The van der Waals surface area contributed by atoms with Crippen molar-refractivity contribution in [1.82, 2.24) is 15.3 Å². The highest BCUT2D eigenvalue weighted by atomic mass is 79.9. The maximum Gasteiger partial charge on any atom is 0.123 e. The van der Waals surface area contributed by atoms with Gasteiger partial charge in [-0.25, -0.2) is 4.98 Å². The molecule has 1 aromatic rings. The van der Waals surface area contributed by atoms with Gasteiger partial charge in [0.1, 0.15) is 5.82 Å². The van der Waals surface area contributed by atoms with Crippen molar-refractivity contribution < 1.29 is 0 Å². The molecule has 0 bridgehead atoms. The number of aromatic nitrogens is 2. The van der Waals surface area contributed by atoms with Crippen molar-refractivity contribution in [3.05, 3.63) is 33.0 Å². The number of nitrogens with zero attached hydrogens (tertiary/aromatic N) is 1. The number of hydrogen-bond acceptors (Lipinski definition) is 4. The lowest BCUT2D eigenvalue weighted by molar-refractivity contribution is 0.612. The molecule has 0 radical (unpaired) electrons. The van der Waals surface area contributed by atoms with Crippen molar-refractivity contribution in [2.75, 3.05) is 6.54 Å². The van der Waals surface area contributed by atoms with Crippen LogP contribution in [0.5, 0.6) is 0 Å². The topological polar surface area (TPSA) is 40.7 Å². The Labute approximate surface area is 135 Å². The minimum Gasteiger partial charge on any atom is -0.347 e. The SMILES string of the molecule is CC12SC=C(Br)C1SC=C2c1c[nH]c([C@@H]2CCCN2)n1. The predicted octanol–water partition coefficient (Wildman–Crippen LogP) is 4.03. The number of nitrogens with one attached hydrogen (secondary N) is 2. The Balaban J connectivity index is 1.62. The van der Waals surface area contributed by atoms with Crippen LogP contribution in [-0.4, -0.2) is 26.5 Å². The number of thioether (sulfide) groups is 2. The summed E-state index contributed by atoms with van der Waals surface area (Å²) in [5.41, 5.74) is 2.46. The Morgan fingerprint density at radius 3 is 3.15 bits per heavy atom. The van der Waals surface area contributed by atoms with Gasteiger partial charge in [-0.05, 0) is 37.1 Å². The molecule has 1 fully saturated rings. The quantitative estimate of drug-likeness (QED) is 0.825. The third-order valence-corrected chi connectivity index (χ3v) is 8.42. The average Bonchev–Trinajstić information content (AvgIpc) is 3.15. The second kappa shape index (κ2) is 4.93. The van der Waals surface area contributed by atoms with Gasteiger partial charge in [-0.1, -0.05) is 15.9 Å². The van der Waals surface area contributed by atoms with Gasteiger partial charge in [0.2, 0.25) is 0 Å². The summed E-state index contributed by atoms with van der Waals surface area (Å²) >= 11 is 7.48. The van der Waals surface area contributed by atoms with E-state index >= 15 is 0 Å². The minimum atomic E-state index is 0.110. The normalized spacial score (nSPS) is 36.1. The second-order valence-electron chi connectivity index (χ2n) is 5.60. The summed E-state index contributed by atoms with van der Waals surface area (Å²) in [5, 5.41) is 8.51. The van der Waals surface area contributed by atoms with E-state index in [9.17, 15) is 0 Å². The number of rotatable bonds is 2. The van der Waals surface area contributed by atoms with Gasteiger partial charge in [0.25, 0.3) is 0 Å². The molecule has 0 saturated carbocycles. The van der Waals surface area contributed by atoms with Gasteiger partial charge in [-0.2, -0.15) is 0 Å². The van der Waals surface area contributed by atoms with E-state index < -0.39 is 0 Å². The van der Waals surface area contributed by atoms with E-state index in [1.54, 1.807) is 0 Å². The first-order valence-corrected chi connectivity index (χ1v) is 9.48. The molecule has 0 aromatic carbocycles. The number of halogens is 1. The molecule has 4 heterocycles. The zero-order valence-electron chi connectivity index (χ0n) is 11.1. The molecule has 4 rings (SSSR count). The molecular formula is C14H16BrN3S2. The van der Waals surface area contributed by atoms with Crippen LogP contribution < -0.4 is 5.32 Å². The van der Waals surface area contributed by atoms with Gasteiger partial charge in [0, 0.05) is 16.3 Å². The van der Waals surface area contributed by atoms with Gasteiger partial charge in [0.15, 0.2) is 0 Å². The minimum absolute atomic E-state index is 0.110. The van der Waals surface area contributed by atoms with Gasteiger partial charge in [-0.15, -0.1) is 23.5 Å². The Morgan fingerprint density at radius 2 is 2.35 bits per heavy atom. The number of aromatic amines is 1.